The van der Waals surface area contributed by atoms with E-state index in [1.165, 1.54) is 0 Å². The summed E-state index contributed by atoms with van der Waals surface area (Å²) < 4.78 is 6.48. The van der Waals surface area contributed by atoms with E-state index in [1.807, 2.05) is 0 Å². The fourth-order valence-corrected chi connectivity index (χ4v) is 2.44. The molecule has 0 amide bonds. The molecule has 20 heavy (non-hydrogen) atoms. The Morgan fingerprint density at radius 1 is 1.15 bits per heavy atom. The van der Waals surface area contributed by atoms with Crippen molar-refractivity contribution in [2.45, 2.75) is 26.9 Å². The van der Waals surface area contributed by atoms with E-state index < -0.39 is 6.10 Å². The number of nitrogen functional groups attached to an aromatic ring is 2. The first-order valence-corrected chi connectivity index (χ1v) is 7.27. The number of ether oxygens (including phenoxy) is 1. The predicted molar refractivity (Wildman–Crippen MR) is 83.5 cm³/mol. The number of rotatable bonds is 8. The Morgan fingerprint density at radius 3 is 2.25 bits per heavy atom. The second-order valence-electron chi connectivity index (χ2n) is 5.23. The maximum atomic E-state index is 10.2. The van der Waals surface area contributed by atoms with Crippen molar-refractivity contribution < 1.29 is 14.3 Å². The van der Waals surface area contributed by atoms with E-state index in [0.29, 0.717) is 23.7 Å². The summed E-state index contributed by atoms with van der Waals surface area (Å²) in [6.07, 6.45) is -0.508. The monoisotopic (exact) mass is 282 g/mol. The molecular weight excluding hydrogens is 254 g/mol. The van der Waals surface area contributed by atoms with Gasteiger partial charge in [0.25, 0.3) is 0 Å². The summed E-state index contributed by atoms with van der Waals surface area (Å²) in [7, 11) is 0. The molecule has 0 aliphatic carbocycles. The van der Waals surface area contributed by atoms with Gasteiger partial charge in [0, 0.05) is 5.69 Å². The number of aliphatic hydroxyl groups is 1. The van der Waals surface area contributed by atoms with Crippen LogP contribution >= 0.6 is 0 Å². The van der Waals surface area contributed by atoms with Gasteiger partial charge in [0.1, 0.15) is 25.0 Å². The van der Waals surface area contributed by atoms with Crippen LogP contribution in [-0.4, -0.2) is 48.5 Å². The van der Waals surface area contributed by atoms with Gasteiger partial charge in [-0.05, 0) is 39.0 Å². The molecule has 0 bridgehead atoms. The molecule has 1 aromatic rings. The van der Waals surface area contributed by atoms with E-state index in [9.17, 15) is 5.11 Å². The van der Waals surface area contributed by atoms with Crippen molar-refractivity contribution in [2.75, 3.05) is 44.3 Å². The number of nitrogens with zero attached hydrogens (tertiary/aromatic N) is 1. The summed E-state index contributed by atoms with van der Waals surface area (Å²) in [5.41, 5.74) is 12.6. The Kier molecular flexibility index (Phi) is 6.10. The van der Waals surface area contributed by atoms with Gasteiger partial charge < -0.3 is 25.8 Å². The van der Waals surface area contributed by atoms with Crippen LogP contribution in [0.2, 0.25) is 0 Å². The fraction of sp³-hybridized carbons (Fsp3) is 0.600. The Balaban J connectivity index is 2.56. The SMILES string of the molecule is CC[N+](CC)(CC)CC(O)COc1ccc(N)cc1N. The van der Waals surface area contributed by atoms with Gasteiger partial charge in [0.2, 0.25) is 0 Å². The summed E-state index contributed by atoms with van der Waals surface area (Å²) in [5.74, 6) is 0.570. The smallest absolute Gasteiger partial charge is 0.142 e. The Hall–Kier alpha value is -1.46. The number of anilines is 2. The lowest BCUT2D eigenvalue weighted by Gasteiger charge is -2.37. The number of likely N-dealkylation sites (N-methyl/N-ethyl adjacent to an activating group) is 1. The summed E-state index contributed by atoms with van der Waals surface area (Å²) in [5, 5.41) is 10.2. The molecule has 0 saturated carbocycles. The Morgan fingerprint density at radius 2 is 1.75 bits per heavy atom. The third-order valence-corrected chi connectivity index (χ3v) is 4.08. The van der Waals surface area contributed by atoms with Crippen LogP contribution in [0.3, 0.4) is 0 Å². The third-order valence-electron chi connectivity index (χ3n) is 4.08. The lowest BCUT2D eigenvalue weighted by atomic mass is 10.2. The molecular formula is C15H28N3O2+. The molecule has 5 N–H and O–H groups in total. The number of benzene rings is 1. The second-order valence-corrected chi connectivity index (χ2v) is 5.23. The van der Waals surface area contributed by atoms with Crippen LogP contribution in [-0.2, 0) is 0 Å². The lowest BCUT2D eigenvalue weighted by Crippen LogP contribution is -2.52. The topological polar surface area (TPSA) is 81.5 Å². The Bertz CT molecular complexity index is 411. The third kappa shape index (κ3) is 4.28. The highest BCUT2D eigenvalue weighted by Crippen LogP contribution is 2.23. The minimum absolute atomic E-state index is 0.244. The van der Waals surface area contributed by atoms with Crippen LogP contribution < -0.4 is 16.2 Å². The number of aliphatic hydroxyl groups excluding tert-OH is 1. The largest absolute Gasteiger partial charge is 0.488 e. The van der Waals surface area contributed by atoms with Crippen LogP contribution in [0.4, 0.5) is 11.4 Å². The van der Waals surface area contributed by atoms with Crippen LogP contribution in [0.1, 0.15) is 20.8 Å². The molecule has 114 valence electrons. The van der Waals surface area contributed by atoms with E-state index in [1.54, 1.807) is 18.2 Å². The van der Waals surface area contributed by atoms with Gasteiger partial charge in [0.15, 0.2) is 0 Å². The maximum absolute atomic E-state index is 10.2. The zero-order valence-corrected chi connectivity index (χ0v) is 12.8. The molecule has 0 spiro atoms. The van der Waals surface area contributed by atoms with E-state index in [2.05, 4.69) is 20.8 Å². The van der Waals surface area contributed by atoms with Crippen molar-refractivity contribution in [1.82, 2.24) is 0 Å². The van der Waals surface area contributed by atoms with Gasteiger partial charge in [-0.1, -0.05) is 0 Å². The average Bonchev–Trinajstić information content (AvgIpc) is 2.44. The van der Waals surface area contributed by atoms with Crippen molar-refractivity contribution >= 4 is 11.4 Å². The molecule has 0 radical (unpaired) electrons. The first-order chi connectivity index (χ1) is 9.46. The van der Waals surface area contributed by atoms with Crippen LogP contribution in [0.25, 0.3) is 0 Å². The van der Waals surface area contributed by atoms with Crippen molar-refractivity contribution in [3.8, 4) is 5.75 Å². The summed E-state index contributed by atoms with van der Waals surface area (Å²) in [6.45, 7) is 10.4. The molecule has 5 heteroatoms. The van der Waals surface area contributed by atoms with E-state index in [-0.39, 0.29) is 6.61 Å². The van der Waals surface area contributed by atoms with Crippen molar-refractivity contribution in [2.24, 2.45) is 0 Å². The van der Waals surface area contributed by atoms with Crippen LogP contribution in [0.15, 0.2) is 18.2 Å². The standard InChI is InChI=1S/C15H28N3O2/c1-4-18(5-2,6-3)10-13(19)11-20-15-8-7-12(16)9-14(15)17/h7-9,13,19H,4-6,10-11,16-17H2,1-3H3/q+1. The molecule has 1 aromatic carbocycles. The van der Waals surface area contributed by atoms with Gasteiger partial charge in [-0.3, -0.25) is 0 Å². The van der Waals surface area contributed by atoms with Crippen molar-refractivity contribution in [1.29, 1.82) is 0 Å². The fourth-order valence-electron chi connectivity index (χ4n) is 2.44. The molecule has 0 aliphatic heterocycles. The normalized spacial score (nSPS) is 13.2. The zero-order chi connectivity index (χ0) is 15.2. The molecule has 1 rings (SSSR count). The molecule has 0 aromatic heterocycles. The molecule has 0 saturated heterocycles. The molecule has 0 aliphatic rings. The summed E-state index contributed by atoms with van der Waals surface area (Å²) in [4.78, 5) is 0. The number of nitrogens with two attached hydrogens (primary N) is 2. The second kappa shape index (κ2) is 7.36. The van der Waals surface area contributed by atoms with Crippen molar-refractivity contribution in [3.63, 3.8) is 0 Å². The van der Waals surface area contributed by atoms with Crippen LogP contribution in [0.5, 0.6) is 5.75 Å². The first kappa shape index (κ1) is 16.6. The van der Waals surface area contributed by atoms with Gasteiger partial charge in [-0.2, -0.15) is 0 Å². The van der Waals surface area contributed by atoms with E-state index in [4.69, 9.17) is 16.2 Å². The molecule has 1 unspecified atom stereocenters. The number of quaternary nitrogens is 1. The summed E-state index contributed by atoms with van der Waals surface area (Å²) in [6, 6.07) is 5.13. The molecule has 0 heterocycles. The van der Waals surface area contributed by atoms with Gasteiger partial charge >= 0.3 is 0 Å². The minimum atomic E-state index is -0.508. The van der Waals surface area contributed by atoms with E-state index >= 15 is 0 Å². The maximum Gasteiger partial charge on any atom is 0.142 e. The molecule has 5 nitrogen and oxygen atoms in total. The number of hydrogen-bond acceptors (Lipinski definition) is 4. The summed E-state index contributed by atoms with van der Waals surface area (Å²) >= 11 is 0. The lowest BCUT2D eigenvalue weighted by molar-refractivity contribution is -0.926. The number of hydrogen-bond donors (Lipinski definition) is 3. The van der Waals surface area contributed by atoms with Crippen molar-refractivity contribution in [3.05, 3.63) is 18.2 Å². The van der Waals surface area contributed by atoms with Gasteiger partial charge in [-0.15, -0.1) is 0 Å². The highest BCUT2D eigenvalue weighted by Gasteiger charge is 2.25. The minimum Gasteiger partial charge on any atom is -0.488 e. The zero-order valence-electron chi connectivity index (χ0n) is 12.8. The molecule has 1 atom stereocenters. The molecule has 0 fully saturated rings. The van der Waals surface area contributed by atoms with Gasteiger partial charge in [0.05, 0.1) is 25.3 Å². The predicted octanol–water partition coefficient (Wildman–Crippen LogP) is 1.47. The first-order valence-electron chi connectivity index (χ1n) is 7.27. The van der Waals surface area contributed by atoms with E-state index in [0.717, 1.165) is 24.1 Å². The van der Waals surface area contributed by atoms with Gasteiger partial charge in [-0.25, -0.2) is 0 Å². The average molecular weight is 282 g/mol. The van der Waals surface area contributed by atoms with Crippen LogP contribution in [0, 0.1) is 0 Å². The quantitative estimate of drug-likeness (QED) is 0.498. The Labute approximate surface area is 121 Å². The highest BCUT2D eigenvalue weighted by molar-refractivity contribution is 5.60. The highest BCUT2D eigenvalue weighted by atomic mass is 16.5.